The van der Waals surface area contributed by atoms with Crippen LogP contribution >= 0.6 is 11.3 Å². The number of fused-ring (bicyclic) bond motifs is 1. The summed E-state index contributed by atoms with van der Waals surface area (Å²) in [6.07, 6.45) is 3.73. The molecule has 2 heterocycles. The van der Waals surface area contributed by atoms with Gasteiger partial charge in [0.15, 0.2) is 5.82 Å². The van der Waals surface area contributed by atoms with Crippen molar-refractivity contribution >= 4 is 22.0 Å². The SMILES string of the molecule is c1ccc(NCc2nn3c(C4CCC4)nnc3s2)cc1. The van der Waals surface area contributed by atoms with Crippen molar-refractivity contribution in [1.82, 2.24) is 19.8 Å². The van der Waals surface area contributed by atoms with E-state index in [1.165, 1.54) is 19.3 Å². The second-order valence-electron chi connectivity index (χ2n) is 5.10. The summed E-state index contributed by atoms with van der Waals surface area (Å²) in [5, 5.41) is 17.6. The largest absolute Gasteiger partial charge is 0.378 e. The molecule has 1 aliphatic rings. The van der Waals surface area contributed by atoms with Crippen LogP contribution in [0.25, 0.3) is 4.96 Å². The Morgan fingerprint density at radius 1 is 1.20 bits per heavy atom. The van der Waals surface area contributed by atoms with E-state index in [0.717, 1.165) is 28.0 Å². The summed E-state index contributed by atoms with van der Waals surface area (Å²) >= 11 is 1.61. The van der Waals surface area contributed by atoms with Crippen LogP contribution in [-0.4, -0.2) is 19.8 Å². The molecule has 1 N–H and O–H groups in total. The molecule has 0 aliphatic heterocycles. The molecular formula is C14H15N5S. The maximum absolute atomic E-state index is 4.64. The third-order valence-electron chi connectivity index (χ3n) is 3.74. The zero-order valence-electron chi connectivity index (χ0n) is 11.0. The normalized spacial score (nSPS) is 15.4. The molecule has 0 spiro atoms. The van der Waals surface area contributed by atoms with Gasteiger partial charge in [-0.25, -0.2) is 0 Å². The summed E-state index contributed by atoms with van der Waals surface area (Å²) in [5.74, 6) is 1.59. The first-order chi connectivity index (χ1) is 9.90. The van der Waals surface area contributed by atoms with Gasteiger partial charge < -0.3 is 5.32 Å². The first-order valence-corrected chi connectivity index (χ1v) is 7.72. The molecule has 20 heavy (non-hydrogen) atoms. The Morgan fingerprint density at radius 2 is 2.05 bits per heavy atom. The minimum absolute atomic E-state index is 0.557. The molecule has 2 aromatic heterocycles. The van der Waals surface area contributed by atoms with E-state index in [1.807, 2.05) is 22.7 Å². The van der Waals surface area contributed by atoms with E-state index < -0.39 is 0 Å². The number of hydrogen-bond acceptors (Lipinski definition) is 5. The first kappa shape index (κ1) is 11.8. The Morgan fingerprint density at radius 3 is 2.80 bits per heavy atom. The number of aromatic nitrogens is 4. The van der Waals surface area contributed by atoms with Crippen LogP contribution in [0.1, 0.15) is 36.0 Å². The molecule has 0 radical (unpaired) electrons. The highest BCUT2D eigenvalue weighted by Crippen LogP contribution is 2.35. The maximum atomic E-state index is 4.64. The van der Waals surface area contributed by atoms with Gasteiger partial charge in [0.25, 0.3) is 0 Å². The van der Waals surface area contributed by atoms with Crippen molar-refractivity contribution in [1.29, 1.82) is 0 Å². The molecule has 3 aromatic rings. The molecule has 0 bridgehead atoms. The molecule has 6 heteroatoms. The smallest absolute Gasteiger partial charge is 0.234 e. The first-order valence-electron chi connectivity index (χ1n) is 6.90. The molecule has 1 saturated carbocycles. The Hall–Kier alpha value is -1.95. The molecule has 1 aromatic carbocycles. The third kappa shape index (κ3) is 2.06. The van der Waals surface area contributed by atoms with Crippen LogP contribution < -0.4 is 5.32 Å². The summed E-state index contributed by atoms with van der Waals surface area (Å²) in [7, 11) is 0. The number of nitrogens with zero attached hydrogens (tertiary/aromatic N) is 4. The minimum Gasteiger partial charge on any atom is -0.378 e. The van der Waals surface area contributed by atoms with Crippen molar-refractivity contribution in [3.05, 3.63) is 41.2 Å². The van der Waals surface area contributed by atoms with Gasteiger partial charge in [-0.2, -0.15) is 9.61 Å². The molecule has 4 rings (SSSR count). The summed E-state index contributed by atoms with van der Waals surface area (Å²) in [5.41, 5.74) is 1.11. The van der Waals surface area contributed by atoms with Crippen molar-refractivity contribution in [2.24, 2.45) is 0 Å². The average Bonchev–Trinajstić information content (AvgIpc) is 2.98. The fraction of sp³-hybridized carbons (Fsp3) is 0.357. The lowest BCUT2D eigenvalue weighted by atomic mass is 9.85. The molecule has 0 saturated heterocycles. The van der Waals surface area contributed by atoms with Crippen LogP contribution in [0, 0.1) is 0 Å². The predicted octanol–water partition coefficient (Wildman–Crippen LogP) is 3.07. The van der Waals surface area contributed by atoms with Crippen molar-refractivity contribution in [3.8, 4) is 0 Å². The minimum atomic E-state index is 0.557. The molecule has 1 fully saturated rings. The van der Waals surface area contributed by atoms with Gasteiger partial charge in [-0.3, -0.25) is 0 Å². The number of rotatable bonds is 4. The van der Waals surface area contributed by atoms with E-state index in [9.17, 15) is 0 Å². The summed E-state index contributed by atoms with van der Waals surface area (Å²) < 4.78 is 1.93. The summed E-state index contributed by atoms with van der Waals surface area (Å²) in [4.78, 5) is 0.900. The highest BCUT2D eigenvalue weighted by atomic mass is 32.1. The Bertz CT molecular complexity index is 714. The molecule has 5 nitrogen and oxygen atoms in total. The Kier molecular flexibility index (Phi) is 2.88. The fourth-order valence-electron chi connectivity index (χ4n) is 2.40. The van der Waals surface area contributed by atoms with E-state index in [0.29, 0.717) is 5.92 Å². The van der Waals surface area contributed by atoms with Gasteiger partial charge in [0, 0.05) is 11.6 Å². The molecule has 0 atom stereocenters. The Balaban J connectivity index is 1.54. The number of nitrogens with one attached hydrogen (secondary N) is 1. The van der Waals surface area contributed by atoms with Crippen molar-refractivity contribution in [3.63, 3.8) is 0 Å². The highest BCUT2D eigenvalue weighted by Gasteiger charge is 2.26. The summed E-state index contributed by atoms with van der Waals surface area (Å²) in [6.45, 7) is 0.724. The third-order valence-corrected chi connectivity index (χ3v) is 4.64. The van der Waals surface area contributed by atoms with Crippen LogP contribution in [0.4, 0.5) is 5.69 Å². The molecular weight excluding hydrogens is 270 g/mol. The van der Waals surface area contributed by atoms with Gasteiger partial charge in [-0.15, -0.1) is 10.2 Å². The average molecular weight is 285 g/mol. The van der Waals surface area contributed by atoms with Gasteiger partial charge in [-0.1, -0.05) is 36.0 Å². The molecule has 1 aliphatic carbocycles. The van der Waals surface area contributed by atoms with Crippen LogP contribution in [-0.2, 0) is 6.54 Å². The molecule has 0 unspecified atom stereocenters. The van der Waals surface area contributed by atoms with E-state index in [4.69, 9.17) is 0 Å². The number of hydrogen-bond donors (Lipinski definition) is 1. The quantitative estimate of drug-likeness (QED) is 0.800. The second-order valence-corrected chi connectivity index (χ2v) is 6.14. The van der Waals surface area contributed by atoms with Crippen LogP contribution in [0.3, 0.4) is 0 Å². The van der Waals surface area contributed by atoms with Crippen LogP contribution in [0.15, 0.2) is 30.3 Å². The lowest BCUT2D eigenvalue weighted by Gasteiger charge is -2.22. The van der Waals surface area contributed by atoms with Crippen molar-refractivity contribution in [2.75, 3.05) is 5.32 Å². The van der Waals surface area contributed by atoms with Crippen LogP contribution in [0.5, 0.6) is 0 Å². The molecule has 0 amide bonds. The maximum Gasteiger partial charge on any atom is 0.234 e. The lowest BCUT2D eigenvalue weighted by molar-refractivity contribution is 0.395. The monoisotopic (exact) mass is 285 g/mol. The fourth-order valence-corrected chi connectivity index (χ4v) is 3.18. The second kappa shape index (κ2) is 4.86. The van der Waals surface area contributed by atoms with Gasteiger partial charge >= 0.3 is 0 Å². The highest BCUT2D eigenvalue weighted by molar-refractivity contribution is 7.16. The molecule has 102 valence electrons. The zero-order chi connectivity index (χ0) is 13.4. The zero-order valence-corrected chi connectivity index (χ0v) is 11.8. The van der Waals surface area contributed by atoms with E-state index in [-0.39, 0.29) is 0 Å². The number of benzene rings is 1. The van der Waals surface area contributed by atoms with E-state index >= 15 is 0 Å². The van der Waals surface area contributed by atoms with Crippen molar-refractivity contribution < 1.29 is 0 Å². The summed E-state index contributed by atoms with van der Waals surface area (Å²) in [6, 6.07) is 10.2. The Labute approximate surface area is 120 Å². The van der Waals surface area contributed by atoms with Gasteiger partial charge in [0.05, 0.1) is 6.54 Å². The van der Waals surface area contributed by atoms with E-state index in [1.54, 1.807) is 11.3 Å². The number of para-hydroxylation sites is 1. The van der Waals surface area contributed by atoms with Gasteiger partial charge in [0.1, 0.15) is 5.01 Å². The predicted molar refractivity (Wildman–Crippen MR) is 79.0 cm³/mol. The number of anilines is 1. The lowest BCUT2D eigenvalue weighted by Crippen LogP contribution is -2.13. The topological polar surface area (TPSA) is 55.1 Å². The van der Waals surface area contributed by atoms with Gasteiger partial charge in [-0.05, 0) is 25.0 Å². The van der Waals surface area contributed by atoms with Crippen LogP contribution in [0.2, 0.25) is 0 Å². The van der Waals surface area contributed by atoms with Gasteiger partial charge in [0.2, 0.25) is 4.96 Å². The van der Waals surface area contributed by atoms with Crippen molar-refractivity contribution in [2.45, 2.75) is 31.7 Å². The standard InChI is InChI=1S/C14H15N5S/c1-2-7-11(8-3-1)15-9-12-18-19-13(10-5-4-6-10)16-17-14(19)20-12/h1-3,7-8,10,15H,4-6,9H2. The van der Waals surface area contributed by atoms with E-state index in [2.05, 4.69) is 32.7 Å².